The molecule has 1 unspecified atom stereocenters. The Labute approximate surface area is 186 Å². The molecule has 0 bridgehead atoms. The Kier molecular flexibility index (Phi) is 4.33. The third-order valence-electron chi connectivity index (χ3n) is 6.16. The maximum absolute atomic E-state index is 14.2. The Morgan fingerprint density at radius 3 is 2.61 bits per heavy atom. The van der Waals surface area contributed by atoms with Gasteiger partial charge in [-0.3, -0.25) is 13.9 Å². The van der Waals surface area contributed by atoms with Crippen molar-refractivity contribution in [3.05, 3.63) is 72.2 Å². The molecule has 0 spiro atoms. The van der Waals surface area contributed by atoms with Gasteiger partial charge >= 0.3 is 5.69 Å². The maximum atomic E-state index is 14.2. The quantitative estimate of drug-likeness (QED) is 0.454. The lowest BCUT2D eigenvalue weighted by atomic mass is 9.79. The summed E-state index contributed by atoms with van der Waals surface area (Å²) in [6, 6.07) is 6.21. The Bertz CT molecular complexity index is 1490. The Morgan fingerprint density at radius 2 is 1.97 bits per heavy atom. The summed E-state index contributed by atoms with van der Waals surface area (Å²) in [7, 11) is 3.13. The van der Waals surface area contributed by atoms with Crippen LogP contribution in [0.4, 0.5) is 4.39 Å². The second kappa shape index (κ2) is 6.64. The van der Waals surface area contributed by atoms with Gasteiger partial charge in [-0.25, -0.2) is 14.2 Å². The van der Waals surface area contributed by atoms with Crippen molar-refractivity contribution < 1.29 is 4.39 Å². The first-order valence-electron chi connectivity index (χ1n) is 9.81. The highest BCUT2D eigenvalue weighted by molar-refractivity contribution is 7.10. The first kappa shape index (κ1) is 20.2. The van der Waals surface area contributed by atoms with Crippen LogP contribution in [0.1, 0.15) is 30.5 Å². The highest BCUT2D eigenvalue weighted by Crippen LogP contribution is 2.53. The number of thiazole rings is 1. The van der Waals surface area contributed by atoms with E-state index in [1.165, 1.54) is 35.1 Å². The summed E-state index contributed by atoms with van der Waals surface area (Å²) in [5.74, 6) is -0.559. The number of nitrogens with zero attached hydrogens (tertiary/aromatic N) is 4. The molecule has 1 aliphatic heterocycles. The molecule has 0 N–H and O–H groups in total. The molecule has 0 radical (unpaired) electrons. The van der Waals surface area contributed by atoms with Gasteiger partial charge in [0, 0.05) is 31.6 Å². The Morgan fingerprint density at radius 1 is 1.23 bits per heavy atom. The number of rotatable bonds is 2. The summed E-state index contributed by atoms with van der Waals surface area (Å²) < 4.78 is 18.8. The van der Waals surface area contributed by atoms with Crippen LogP contribution in [0, 0.1) is 11.2 Å². The van der Waals surface area contributed by atoms with E-state index in [1.54, 1.807) is 24.6 Å². The molecule has 1 aliphatic rings. The van der Waals surface area contributed by atoms with E-state index in [1.807, 2.05) is 0 Å². The second-order valence-corrected chi connectivity index (χ2v) is 9.97. The van der Waals surface area contributed by atoms with Crippen LogP contribution >= 0.6 is 22.9 Å². The zero-order valence-electron chi connectivity index (χ0n) is 17.4. The van der Waals surface area contributed by atoms with Crippen LogP contribution in [0.2, 0.25) is 5.15 Å². The Hall–Kier alpha value is -2.71. The number of hydrogen-bond acceptors (Lipinski definition) is 4. The largest absolute Gasteiger partial charge is 0.341 e. The lowest BCUT2D eigenvalue weighted by Crippen LogP contribution is -2.37. The van der Waals surface area contributed by atoms with Gasteiger partial charge in [0.1, 0.15) is 16.0 Å². The summed E-state index contributed by atoms with van der Waals surface area (Å²) in [6.45, 7) is 4.84. The van der Waals surface area contributed by atoms with E-state index < -0.39 is 11.2 Å². The number of fused-ring (bicyclic) bond motifs is 3. The van der Waals surface area contributed by atoms with Gasteiger partial charge in [0.15, 0.2) is 0 Å². The van der Waals surface area contributed by atoms with Crippen LogP contribution in [0.5, 0.6) is 0 Å². The van der Waals surface area contributed by atoms with Crippen molar-refractivity contribution in [2.45, 2.75) is 26.3 Å². The summed E-state index contributed by atoms with van der Waals surface area (Å²) in [5, 5.41) is 3.44. The number of benzene rings is 1. The molecule has 0 saturated carbocycles. The van der Waals surface area contributed by atoms with Gasteiger partial charge in [0.05, 0.1) is 28.2 Å². The summed E-state index contributed by atoms with van der Waals surface area (Å²) in [4.78, 5) is 30.7. The number of halogens is 2. The average Bonchev–Trinajstić information content (AvgIpc) is 3.34. The third kappa shape index (κ3) is 2.78. The Balaban J connectivity index is 1.99. The molecule has 9 heteroatoms. The molecule has 4 aromatic rings. The zero-order valence-corrected chi connectivity index (χ0v) is 19.0. The molecular formula is C22H20ClFN4O2S. The van der Waals surface area contributed by atoms with E-state index in [0.717, 1.165) is 15.3 Å². The molecule has 0 amide bonds. The fraction of sp³-hybridized carbons (Fsp3) is 0.318. The fourth-order valence-electron chi connectivity index (χ4n) is 4.85. The molecule has 4 heterocycles. The first-order valence-corrected chi connectivity index (χ1v) is 11.1. The molecule has 0 fully saturated rings. The SMILES string of the molecule is Cn1c(=O)c2c(-c3cccc(F)c3)n3c(c2n(C)c1=O)C(c1nc(Cl)cs1)C(C)(C)C3. The smallest absolute Gasteiger partial charge is 0.331 e. The molecule has 3 aromatic heterocycles. The van der Waals surface area contributed by atoms with Crippen LogP contribution in [-0.2, 0) is 20.6 Å². The van der Waals surface area contributed by atoms with Gasteiger partial charge in [-0.1, -0.05) is 37.6 Å². The van der Waals surface area contributed by atoms with Crippen molar-refractivity contribution >= 4 is 33.8 Å². The predicted octanol–water partition coefficient (Wildman–Crippen LogP) is 4.13. The van der Waals surface area contributed by atoms with Crippen LogP contribution in [0.3, 0.4) is 0 Å². The first-order chi connectivity index (χ1) is 14.6. The summed E-state index contributed by atoms with van der Waals surface area (Å²) in [5.41, 5.74) is 1.56. The number of aryl methyl sites for hydroxylation is 1. The molecule has 0 aliphatic carbocycles. The summed E-state index contributed by atoms with van der Waals surface area (Å²) in [6.07, 6.45) is 0. The molecule has 160 valence electrons. The van der Waals surface area contributed by atoms with Crippen molar-refractivity contribution in [2.75, 3.05) is 0 Å². The fourth-order valence-corrected chi connectivity index (χ4v) is 6.12. The minimum absolute atomic E-state index is 0.174. The van der Waals surface area contributed by atoms with Crippen LogP contribution in [0.15, 0.2) is 39.2 Å². The molecular weight excluding hydrogens is 439 g/mol. The lowest BCUT2D eigenvalue weighted by Gasteiger charge is -2.25. The topological polar surface area (TPSA) is 61.8 Å². The molecule has 31 heavy (non-hydrogen) atoms. The van der Waals surface area contributed by atoms with Gasteiger partial charge in [0.2, 0.25) is 0 Å². The van der Waals surface area contributed by atoms with Crippen molar-refractivity contribution in [3.63, 3.8) is 0 Å². The molecule has 1 atom stereocenters. The normalized spacial score (nSPS) is 17.4. The van der Waals surface area contributed by atoms with Crippen molar-refractivity contribution in [1.29, 1.82) is 0 Å². The standard InChI is InChI=1S/C22H20ClFN4O2S/c1-22(2)10-28-16(11-6-5-7-12(24)8-11)14-17(26(3)21(30)27(4)20(14)29)18(28)15(22)19-25-13(23)9-31-19/h5-9,15H,10H2,1-4H3. The van der Waals surface area contributed by atoms with Gasteiger partial charge in [-0.2, -0.15) is 0 Å². The highest BCUT2D eigenvalue weighted by atomic mass is 35.5. The van der Waals surface area contributed by atoms with E-state index in [0.29, 0.717) is 33.9 Å². The monoisotopic (exact) mass is 458 g/mol. The molecule has 5 rings (SSSR count). The van der Waals surface area contributed by atoms with Gasteiger partial charge in [-0.15, -0.1) is 11.3 Å². The van der Waals surface area contributed by atoms with Crippen LogP contribution < -0.4 is 11.2 Å². The second-order valence-electron chi connectivity index (χ2n) is 8.69. The average molecular weight is 459 g/mol. The maximum Gasteiger partial charge on any atom is 0.331 e. The van der Waals surface area contributed by atoms with Gasteiger partial charge in [-0.05, 0) is 17.5 Å². The minimum atomic E-state index is -0.405. The van der Waals surface area contributed by atoms with Gasteiger partial charge < -0.3 is 4.57 Å². The van der Waals surface area contributed by atoms with E-state index in [-0.39, 0.29) is 17.2 Å². The van der Waals surface area contributed by atoms with E-state index >= 15 is 0 Å². The lowest BCUT2D eigenvalue weighted by molar-refractivity contribution is 0.323. The van der Waals surface area contributed by atoms with E-state index in [9.17, 15) is 14.0 Å². The minimum Gasteiger partial charge on any atom is -0.341 e. The summed E-state index contributed by atoms with van der Waals surface area (Å²) >= 11 is 7.60. The number of aromatic nitrogens is 4. The predicted molar refractivity (Wildman–Crippen MR) is 121 cm³/mol. The molecule has 1 aromatic carbocycles. The van der Waals surface area contributed by atoms with Crippen LogP contribution in [0.25, 0.3) is 22.2 Å². The number of hydrogen-bond donors (Lipinski definition) is 0. The van der Waals surface area contributed by atoms with Gasteiger partial charge in [0.25, 0.3) is 5.56 Å². The molecule has 0 saturated heterocycles. The zero-order chi connectivity index (χ0) is 22.2. The van der Waals surface area contributed by atoms with Crippen molar-refractivity contribution in [3.8, 4) is 11.3 Å². The van der Waals surface area contributed by atoms with Crippen molar-refractivity contribution in [1.82, 2.24) is 18.7 Å². The van der Waals surface area contributed by atoms with Crippen LogP contribution in [-0.4, -0.2) is 18.7 Å². The van der Waals surface area contributed by atoms with E-state index in [2.05, 4.69) is 23.4 Å². The highest BCUT2D eigenvalue weighted by Gasteiger charge is 2.46. The molecule has 6 nitrogen and oxygen atoms in total. The van der Waals surface area contributed by atoms with Crippen molar-refractivity contribution in [2.24, 2.45) is 19.5 Å². The third-order valence-corrected chi connectivity index (χ3v) is 7.40. The van der Waals surface area contributed by atoms with E-state index in [4.69, 9.17) is 11.6 Å².